The van der Waals surface area contributed by atoms with Crippen LogP contribution in [0.4, 0.5) is 0 Å². The predicted molar refractivity (Wildman–Crippen MR) is 177 cm³/mol. The molecule has 4 aromatic carbocycles. The van der Waals surface area contributed by atoms with Crippen molar-refractivity contribution in [3.05, 3.63) is 152 Å². The molecule has 1 fully saturated rings. The first-order valence-electron chi connectivity index (χ1n) is 14.6. The number of carbonyl (C=O) groups excluding carboxylic acids is 3. The Balaban J connectivity index is 1.74. The van der Waals surface area contributed by atoms with Gasteiger partial charge in [0.05, 0.1) is 16.8 Å². The van der Waals surface area contributed by atoms with E-state index in [-0.39, 0.29) is 34.4 Å². The number of ketones is 3. The van der Waals surface area contributed by atoms with Gasteiger partial charge in [-0.1, -0.05) is 84.4 Å². The van der Waals surface area contributed by atoms with Crippen LogP contribution in [0.1, 0.15) is 86.0 Å². The van der Waals surface area contributed by atoms with E-state index in [0.29, 0.717) is 37.5 Å². The number of carbonyl (C=O) groups is 3. The lowest BCUT2D eigenvalue weighted by molar-refractivity contribution is 0.0988. The molecule has 1 aromatic heterocycles. The van der Waals surface area contributed by atoms with Gasteiger partial charge in [-0.3, -0.25) is 14.4 Å². The fourth-order valence-electron chi connectivity index (χ4n) is 6.07. The van der Waals surface area contributed by atoms with Crippen LogP contribution in [-0.2, 0) is 0 Å². The summed E-state index contributed by atoms with van der Waals surface area (Å²) in [7, 11) is 0. The van der Waals surface area contributed by atoms with E-state index < -0.39 is 5.78 Å². The highest BCUT2D eigenvalue weighted by Crippen LogP contribution is 2.42. The summed E-state index contributed by atoms with van der Waals surface area (Å²) in [4.78, 5) is 44.0. The van der Waals surface area contributed by atoms with Crippen molar-refractivity contribution in [1.82, 2.24) is 4.57 Å². The highest BCUT2D eigenvalue weighted by atomic mass is 35.5. The van der Waals surface area contributed by atoms with Crippen molar-refractivity contribution in [3.63, 3.8) is 0 Å². The lowest BCUT2D eigenvalue weighted by Crippen LogP contribution is -2.21. The molecule has 0 aliphatic heterocycles. The quantitative estimate of drug-likeness (QED) is 0.159. The third-order valence-electron chi connectivity index (χ3n) is 8.18. The van der Waals surface area contributed by atoms with Gasteiger partial charge in [-0.2, -0.15) is 0 Å². The normalized spacial score (nSPS) is 13.5. The van der Waals surface area contributed by atoms with Crippen molar-refractivity contribution in [3.8, 4) is 11.3 Å². The van der Waals surface area contributed by atoms with Crippen molar-refractivity contribution in [2.24, 2.45) is 0 Å². The second kappa shape index (κ2) is 13.0. The van der Waals surface area contributed by atoms with Crippen LogP contribution in [0.5, 0.6) is 0 Å². The molecular formula is C37H28Cl3NO3. The number of rotatable bonds is 8. The highest BCUT2D eigenvalue weighted by Gasteiger charge is 2.38. The van der Waals surface area contributed by atoms with Gasteiger partial charge in [-0.25, -0.2) is 0 Å². The zero-order valence-electron chi connectivity index (χ0n) is 23.7. The van der Waals surface area contributed by atoms with Crippen LogP contribution in [0.25, 0.3) is 11.3 Å². The maximum Gasteiger partial charge on any atom is 0.210 e. The van der Waals surface area contributed by atoms with Gasteiger partial charge in [0, 0.05) is 37.8 Å². The van der Waals surface area contributed by atoms with E-state index in [0.717, 1.165) is 37.7 Å². The maximum atomic E-state index is 14.7. The molecule has 44 heavy (non-hydrogen) atoms. The Bertz CT molecular complexity index is 1840. The minimum absolute atomic E-state index is 0.0802. The third-order valence-corrected chi connectivity index (χ3v) is 8.94. The van der Waals surface area contributed by atoms with E-state index in [1.165, 1.54) is 0 Å². The topological polar surface area (TPSA) is 56.1 Å². The first-order chi connectivity index (χ1) is 21.3. The summed E-state index contributed by atoms with van der Waals surface area (Å²) in [6.07, 6.45) is 4.68. The standard InChI is InChI=1S/C37H28Cl3NO3/c38-27-17-11-24(12-18-27)35(42)31-32(36(43)25-13-19-28(39)20-14-25)34(37(44)26-15-21-29(40)22-16-26)41(30-9-5-2-6-10-30)33(31)23-7-3-1-4-8-23/h1,3-4,7-8,11-22,30H,2,5-6,9-10H2. The molecular weight excluding hydrogens is 613 g/mol. The van der Waals surface area contributed by atoms with Crippen LogP contribution in [0, 0.1) is 0 Å². The molecule has 5 aromatic rings. The van der Waals surface area contributed by atoms with Gasteiger partial charge in [0.2, 0.25) is 5.78 Å². The molecule has 0 radical (unpaired) electrons. The van der Waals surface area contributed by atoms with Crippen LogP contribution in [0.15, 0.2) is 103 Å². The molecule has 0 unspecified atom stereocenters. The molecule has 0 atom stereocenters. The average molecular weight is 641 g/mol. The second-order valence-electron chi connectivity index (χ2n) is 11.0. The fraction of sp³-hybridized carbons (Fsp3) is 0.162. The second-order valence-corrected chi connectivity index (χ2v) is 12.3. The van der Waals surface area contributed by atoms with Gasteiger partial charge in [-0.05, 0) is 91.2 Å². The Morgan fingerprint density at radius 2 is 0.955 bits per heavy atom. The number of hydrogen-bond donors (Lipinski definition) is 0. The molecule has 0 N–H and O–H groups in total. The summed E-state index contributed by atoms with van der Waals surface area (Å²) in [5, 5.41) is 1.45. The monoisotopic (exact) mass is 639 g/mol. The van der Waals surface area contributed by atoms with Crippen molar-refractivity contribution in [2.75, 3.05) is 0 Å². The molecule has 0 amide bonds. The smallest absolute Gasteiger partial charge is 0.210 e. The molecule has 1 aliphatic rings. The minimum atomic E-state index is -0.428. The number of halogens is 3. The molecule has 0 bridgehead atoms. The van der Waals surface area contributed by atoms with E-state index in [1.54, 1.807) is 72.8 Å². The van der Waals surface area contributed by atoms with Gasteiger partial charge in [0.1, 0.15) is 5.69 Å². The number of benzene rings is 4. The molecule has 1 heterocycles. The SMILES string of the molecule is O=C(c1ccc(Cl)cc1)c1c(C(=O)c2ccc(Cl)cc2)c(-c2ccccc2)n(C2CCCCC2)c1C(=O)c1ccc(Cl)cc1. The van der Waals surface area contributed by atoms with Gasteiger partial charge in [0.15, 0.2) is 11.6 Å². The van der Waals surface area contributed by atoms with Crippen LogP contribution >= 0.6 is 34.8 Å². The molecule has 7 heteroatoms. The van der Waals surface area contributed by atoms with E-state index in [1.807, 2.05) is 34.9 Å². The van der Waals surface area contributed by atoms with Gasteiger partial charge >= 0.3 is 0 Å². The van der Waals surface area contributed by atoms with E-state index in [9.17, 15) is 14.4 Å². The average Bonchev–Trinajstić information content (AvgIpc) is 3.42. The maximum absolute atomic E-state index is 14.7. The Labute approximate surface area is 271 Å². The largest absolute Gasteiger partial charge is 0.333 e. The minimum Gasteiger partial charge on any atom is -0.333 e. The summed E-state index contributed by atoms with van der Waals surface area (Å²) in [5.41, 5.74) is 2.85. The van der Waals surface area contributed by atoms with Crippen LogP contribution < -0.4 is 0 Å². The van der Waals surface area contributed by atoms with Gasteiger partial charge < -0.3 is 4.57 Å². The van der Waals surface area contributed by atoms with Crippen LogP contribution in [0.2, 0.25) is 15.1 Å². The predicted octanol–water partition coefficient (Wildman–Crippen LogP) is 10.3. The van der Waals surface area contributed by atoms with Crippen molar-refractivity contribution in [2.45, 2.75) is 38.1 Å². The zero-order valence-corrected chi connectivity index (χ0v) is 26.0. The Hall–Kier alpha value is -3.96. The number of hydrogen-bond acceptors (Lipinski definition) is 3. The lowest BCUT2D eigenvalue weighted by Gasteiger charge is -2.28. The Kier molecular flexibility index (Phi) is 8.86. The molecule has 0 saturated heterocycles. The molecule has 0 spiro atoms. The molecule has 220 valence electrons. The van der Waals surface area contributed by atoms with Gasteiger partial charge in [0.25, 0.3) is 0 Å². The van der Waals surface area contributed by atoms with Crippen LogP contribution in [-0.4, -0.2) is 21.9 Å². The highest BCUT2D eigenvalue weighted by molar-refractivity contribution is 6.32. The summed E-state index contributed by atoms with van der Waals surface area (Å²) in [6, 6.07) is 29.2. The zero-order chi connectivity index (χ0) is 30.8. The van der Waals surface area contributed by atoms with Crippen molar-refractivity contribution >= 4 is 52.2 Å². The summed E-state index contributed by atoms with van der Waals surface area (Å²) >= 11 is 18.5. The van der Waals surface area contributed by atoms with E-state index in [2.05, 4.69) is 0 Å². The van der Waals surface area contributed by atoms with Crippen molar-refractivity contribution < 1.29 is 14.4 Å². The first kappa shape index (κ1) is 30.1. The van der Waals surface area contributed by atoms with Gasteiger partial charge in [-0.15, -0.1) is 0 Å². The Morgan fingerprint density at radius 3 is 1.43 bits per heavy atom. The molecule has 1 aliphatic carbocycles. The Morgan fingerprint density at radius 1 is 0.523 bits per heavy atom. The summed E-state index contributed by atoms with van der Waals surface area (Å²) in [6.45, 7) is 0. The summed E-state index contributed by atoms with van der Waals surface area (Å²) < 4.78 is 1.98. The third kappa shape index (κ3) is 5.90. The fourth-order valence-corrected chi connectivity index (χ4v) is 6.45. The number of aromatic nitrogens is 1. The molecule has 1 saturated carbocycles. The summed E-state index contributed by atoms with van der Waals surface area (Å²) in [5.74, 6) is -1.14. The molecule has 6 rings (SSSR count). The van der Waals surface area contributed by atoms with Crippen molar-refractivity contribution in [1.29, 1.82) is 0 Å². The lowest BCUT2D eigenvalue weighted by atomic mass is 9.90. The van der Waals surface area contributed by atoms with Crippen LogP contribution in [0.3, 0.4) is 0 Å². The number of nitrogens with zero attached hydrogens (tertiary/aromatic N) is 1. The van der Waals surface area contributed by atoms with E-state index in [4.69, 9.17) is 34.8 Å². The molecule has 4 nitrogen and oxygen atoms in total. The first-order valence-corrected chi connectivity index (χ1v) is 15.7. The van der Waals surface area contributed by atoms with E-state index >= 15 is 0 Å².